The van der Waals surface area contributed by atoms with Gasteiger partial charge in [0.05, 0.1) is 7.11 Å². The Kier molecular flexibility index (Phi) is 3.94. The summed E-state index contributed by atoms with van der Waals surface area (Å²) in [5.41, 5.74) is 1.06. The van der Waals surface area contributed by atoms with Crippen LogP contribution in [0.4, 0.5) is 4.39 Å². The summed E-state index contributed by atoms with van der Waals surface area (Å²) in [5, 5.41) is 0.289. The van der Waals surface area contributed by atoms with Gasteiger partial charge < -0.3 is 4.74 Å². The molecule has 104 valence electrons. The number of Topliss-reactive ketones (excluding diaryl/α,β-unsaturated/α-hetero) is 1. The third-order valence-corrected chi connectivity index (χ3v) is 3.87. The first-order valence-electron chi connectivity index (χ1n) is 5.80. The number of esters is 1. The molecular formula is C14H12FNO3S. The number of nitrogens with zero attached hydrogens (tertiary/aromatic N) is 1. The largest absolute Gasteiger partial charge is 0.464 e. The van der Waals surface area contributed by atoms with E-state index in [2.05, 4.69) is 9.72 Å². The van der Waals surface area contributed by atoms with Crippen LogP contribution in [-0.4, -0.2) is 23.8 Å². The van der Waals surface area contributed by atoms with Crippen LogP contribution in [0.1, 0.15) is 32.6 Å². The van der Waals surface area contributed by atoms with Crippen molar-refractivity contribution in [2.24, 2.45) is 0 Å². The second-order valence-corrected chi connectivity index (χ2v) is 5.23. The first-order chi connectivity index (χ1) is 9.43. The molecule has 0 amide bonds. The van der Waals surface area contributed by atoms with E-state index in [-0.39, 0.29) is 26.9 Å². The number of aromatic nitrogens is 1. The standard InChI is InChI=1S/C14H12FNO3S/c1-7-4-5-10(15)9(6-7)13-16-11(14(18)19-3)12(20-13)8(2)17/h4-6H,1-3H3. The predicted molar refractivity (Wildman–Crippen MR) is 73.6 cm³/mol. The van der Waals surface area contributed by atoms with Gasteiger partial charge in [-0.1, -0.05) is 11.6 Å². The number of benzene rings is 1. The van der Waals surface area contributed by atoms with Gasteiger partial charge in [-0.05, 0) is 19.1 Å². The highest BCUT2D eigenvalue weighted by atomic mass is 32.1. The number of carbonyl (C=O) groups excluding carboxylic acids is 2. The number of hydrogen-bond donors (Lipinski definition) is 0. The van der Waals surface area contributed by atoms with E-state index in [9.17, 15) is 14.0 Å². The highest BCUT2D eigenvalue weighted by Crippen LogP contribution is 2.31. The van der Waals surface area contributed by atoms with Gasteiger partial charge in [-0.2, -0.15) is 0 Å². The summed E-state index contributed by atoms with van der Waals surface area (Å²) in [7, 11) is 1.21. The summed E-state index contributed by atoms with van der Waals surface area (Å²) in [6.07, 6.45) is 0. The van der Waals surface area contributed by atoms with E-state index in [1.807, 2.05) is 6.92 Å². The fraction of sp³-hybridized carbons (Fsp3) is 0.214. The lowest BCUT2D eigenvalue weighted by atomic mass is 10.1. The van der Waals surface area contributed by atoms with Gasteiger partial charge in [0.1, 0.15) is 15.7 Å². The maximum absolute atomic E-state index is 13.8. The molecular weight excluding hydrogens is 281 g/mol. The van der Waals surface area contributed by atoms with Crippen molar-refractivity contribution in [3.63, 3.8) is 0 Å². The molecule has 1 aromatic carbocycles. The van der Waals surface area contributed by atoms with Crippen LogP contribution in [0, 0.1) is 12.7 Å². The van der Waals surface area contributed by atoms with Gasteiger partial charge >= 0.3 is 5.97 Å². The molecule has 0 N–H and O–H groups in total. The van der Waals surface area contributed by atoms with E-state index in [1.54, 1.807) is 12.1 Å². The number of aryl methyl sites for hydroxylation is 1. The van der Waals surface area contributed by atoms with Crippen molar-refractivity contribution in [3.8, 4) is 10.6 Å². The molecule has 0 unspecified atom stereocenters. The molecule has 20 heavy (non-hydrogen) atoms. The molecule has 0 saturated heterocycles. The molecule has 6 heteroatoms. The number of ether oxygens (including phenoxy) is 1. The number of thiazole rings is 1. The van der Waals surface area contributed by atoms with Crippen molar-refractivity contribution in [2.75, 3.05) is 7.11 Å². The van der Waals surface area contributed by atoms with Crippen molar-refractivity contribution in [3.05, 3.63) is 40.2 Å². The van der Waals surface area contributed by atoms with Gasteiger partial charge in [0.2, 0.25) is 0 Å². The number of halogens is 1. The highest BCUT2D eigenvalue weighted by Gasteiger charge is 2.23. The van der Waals surface area contributed by atoms with Crippen LogP contribution >= 0.6 is 11.3 Å². The van der Waals surface area contributed by atoms with Crippen molar-refractivity contribution < 1.29 is 18.7 Å². The maximum Gasteiger partial charge on any atom is 0.358 e. The number of rotatable bonds is 3. The van der Waals surface area contributed by atoms with Gasteiger partial charge in [0.25, 0.3) is 0 Å². The predicted octanol–water partition coefficient (Wildman–Crippen LogP) is 3.25. The van der Waals surface area contributed by atoms with Crippen LogP contribution in [0.3, 0.4) is 0 Å². The van der Waals surface area contributed by atoms with Crippen LogP contribution in [0.5, 0.6) is 0 Å². The van der Waals surface area contributed by atoms with Crippen molar-refractivity contribution in [1.82, 2.24) is 4.98 Å². The second-order valence-electron chi connectivity index (χ2n) is 4.23. The van der Waals surface area contributed by atoms with E-state index < -0.39 is 11.8 Å². The van der Waals surface area contributed by atoms with Gasteiger partial charge in [0.15, 0.2) is 11.5 Å². The quantitative estimate of drug-likeness (QED) is 0.644. The summed E-state index contributed by atoms with van der Waals surface area (Å²) in [6, 6.07) is 4.59. The summed E-state index contributed by atoms with van der Waals surface area (Å²) in [4.78, 5) is 27.4. The fourth-order valence-electron chi connectivity index (χ4n) is 1.71. The minimum Gasteiger partial charge on any atom is -0.464 e. The summed E-state index contributed by atoms with van der Waals surface area (Å²) in [6.45, 7) is 3.15. The van der Waals surface area contributed by atoms with Crippen molar-refractivity contribution in [1.29, 1.82) is 0 Å². The SMILES string of the molecule is COC(=O)c1nc(-c2cc(C)ccc2F)sc1C(C)=O. The Bertz CT molecular complexity index is 694. The lowest BCUT2D eigenvalue weighted by Gasteiger charge is -2.00. The van der Waals surface area contributed by atoms with Gasteiger partial charge in [-0.15, -0.1) is 11.3 Å². The topological polar surface area (TPSA) is 56.3 Å². The summed E-state index contributed by atoms with van der Waals surface area (Å²) < 4.78 is 18.4. The number of carbonyl (C=O) groups is 2. The Balaban J connectivity index is 2.61. The fourth-order valence-corrected chi connectivity index (χ4v) is 2.68. The van der Waals surface area contributed by atoms with Crippen LogP contribution in [0.15, 0.2) is 18.2 Å². The van der Waals surface area contributed by atoms with Crippen molar-refractivity contribution >= 4 is 23.1 Å². The van der Waals surface area contributed by atoms with E-state index in [0.29, 0.717) is 0 Å². The minimum atomic E-state index is -0.703. The van der Waals surface area contributed by atoms with Crippen LogP contribution in [0.2, 0.25) is 0 Å². The Labute approximate surface area is 119 Å². The molecule has 1 aromatic heterocycles. The molecule has 0 fully saturated rings. The molecule has 2 aromatic rings. The van der Waals surface area contributed by atoms with E-state index in [1.165, 1.54) is 20.1 Å². The molecule has 0 atom stereocenters. The molecule has 0 bridgehead atoms. The zero-order valence-corrected chi connectivity index (χ0v) is 12.0. The first-order valence-corrected chi connectivity index (χ1v) is 6.62. The van der Waals surface area contributed by atoms with Crippen LogP contribution in [0.25, 0.3) is 10.6 Å². The molecule has 4 nitrogen and oxygen atoms in total. The van der Waals surface area contributed by atoms with Gasteiger partial charge in [-0.25, -0.2) is 14.2 Å². The molecule has 0 radical (unpaired) electrons. The average molecular weight is 293 g/mol. The molecule has 0 aliphatic carbocycles. The van der Waals surface area contributed by atoms with Crippen molar-refractivity contribution in [2.45, 2.75) is 13.8 Å². The first kappa shape index (κ1) is 14.3. The van der Waals surface area contributed by atoms with E-state index in [0.717, 1.165) is 16.9 Å². The monoisotopic (exact) mass is 293 g/mol. The maximum atomic E-state index is 13.8. The normalized spacial score (nSPS) is 10.4. The molecule has 0 saturated carbocycles. The zero-order valence-electron chi connectivity index (χ0n) is 11.2. The van der Waals surface area contributed by atoms with Crippen LogP contribution < -0.4 is 0 Å². The third kappa shape index (κ3) is 2.60. The number of hydrogen-bond acceptors (Lipinski definition) is 5. The minimum absolute atomic E-state index is 0.0686. The molecule has 0 aliphatic heterocycles. The van der Waals surface area contributed by atoms with Gasteiger partial charge in [0, 0.05) is 12.5 Å². The lowest BCUT2D eigenvalue weighted by molar-refractivity contribution is 0.0591. The molecule has 1 heterocycles. The summed E-state index contributed by atoms with van der Waals surface area (Å²) in [5.74, 6) is -1.45. The summed E-state index contributed by atoms with van der Waals surface area (Å²) >= 11 is 0.986. The van der Waals surface area contributed by atoms with Gasteiger partial charge in [-0.3, -0.25) is 4.79 Å². The highest BCUT2D eigenvalue weighted by molar-refractivity contribution is 7.17. The molecule has 0 aliphatic rings. The molecule has 0 spiro atoms. The second kappa shape index (κ2) is 5.50. The smallest absolute Gasteiger partial charge is 0.358 e. The Morgan fingerprint density at radius 3 is 2.65 bits per heavy atom. The van der Waals surface area contributed by atoms with E-state index >= 15 is 0 Å². The molecule has 2 rings (SSSR count). The van der Waals surface area contributed by atoms with Crippen LogP contribution in [-0.2, 0) is 4.74 Å². The number of ketones is 1. The Morgan fingerprint density at radius 1 is 1.35 bits per heavy atom. The van der Waals surface area contributed by atoms with E-state index in [4.69, 9.17) is 0 Å². The Hall–Kier alpha value is -2.08. The Morgan fingerprint density at radius 2 is 2.05 bits per heavy atom. The number of methoxy groups -OCH3 is 1. The zero-order chi connectivity index (χ0) is 14.9. The third-order valence-electron chi connectivity index (χ3n) is 2.68. The average Bonchev–Trinajstić information content (AvgIpc) is 2.85. The lowest BCUT2D eigenvalue weighted by Crippen LogP contribution is -2.06.